The second-order valence-electron chi connectivity index (χ2n) is 5.70. The topological polar surface area (TPSA) is 41.1 Å². The van der Waals surface area contributed by atoms with Gasteiger partial charge in [-0.05, 0) is 47.4 Å². The second kappa shape index (κ2) is 8.49. The van der Waals surface area contributed by atoms with Gasteiger partial charge in [-0.15, -0.1) is 0 Å². The molecule has 0 heterocycles. The summed E-state index contributed by atoms with van der Waals surface area (Å²) in [5.74, 6) is 0. The van der Waals surface area contributed by atoms with Crippen molar-refractivity contribution < 1.29 is 4.79 Å². The molecule has 0 aromatic heterocycles. The fraction of sp³-hybridized carbons (Fsp3) is 0.0952. The van der Waals surface area contributed by atoms with Crippen LogP contribution in [0.1, 0.15) is 5.56 Å². The van der Waals surface area contributed by atoms with Gasteiger partial charge in [0, 0.05) is 16.7 Å². The lowest BCUT2D eigenvalue weighted by molar-refractivity contribution is 0.252. The summed E-state index contributed by atoms with van der Waals surface area (Å²) in [6, 6.07) is 25.9. The van der Waals surface area contributed by atoms with Gasteiger partial charge in [0.15, 0.2) is 0 Å². The molecule has 2 N–H and O–H groups in total. The summed E-state index contributed by atoms with van der Waals surface area (Å²) < 4.78 is 1.06. The molecule has 0 unspecified atom stereocenters. The van der Waals surface area contributed by atoms with E-state index in [-0.39, 0.29) is 6.03 Å². The number of benzene rings is 3. The average Bonchev–Trinajstić information content (AvgIpc) is 2.65. The number of hydrogen-bond acceptors (Lipinski definition) is 1. The minimum Gasteiger partial charge on any atom is -0.338 e. The molecule has 0 fully saturated rings. The summed E-state index contributed by atoms with van der Waals surface area (Å²) in [5, 5.41) is 5.74. The maximum atomic E-state index is 12.0. The SMILES string of the molecule is O=C(NCCc1ccc(Br)cc1)Nc1ccc(-c2ccccc2)cc1. The van der Waals surface area contributed by atoms with Crippen LogP contribution in [0.5, 0.6) is 0 Å². The van der Waals surface area contributed by atoms with Crippen LogP contribution in [0.4, 0.5) is 10.5 Å². The van der Waals surface area contributed by atoms with Crippen LogP contribution in [0.15, 0.2) is 83.3 Å². The van der Waals surface area contributed by atoms with Crippen LogP contribution in [-0.2, 0) is 6.42 Å². The van der Waals surface area contributed by atoms with E-state index in [0.717, 1.165) is 27.7 Å². The number of rotatable bonds is 5. The maximum absolute atomic E-state index is 12.0. The van der Waals surface area contributed by atoms with Crippen molar-refractivity contribution in [2.24, 2.45) is 0 Å². The Labute approximate surface area is 156 Å². The van der Waals surface area contributed by atoms with Gasteiger partial charge in [0.1, 0.15) is 0 Å². The van der Waals surface area contributed by atoms with Crippen LogP contribution in [-0.4, -0.2) is 12.6 Å². The highest BCUT2D eigenvalue weighted by Crippen LogP contribution is 2.20. The van der Waals surface area contributed by atoms with Gasteiger partial charge in [-0.1, -0.05) is 70.5 Å². The molecule has 3 aromatic rings. The van der Waals surface area contributed by atoms with Crippen LogP contribution in [0, 0.1) is 0 Å². The van der Waals surface area contributed by atoms with E-state index in [1.807, 2.05) is 66.7 Å². The number of carbonyl (C=O) groups is 1. The maximum Gasteiger partial charge on any atom is 0.319 e. The molecule has 0 bridgehead atoms. The minimum atomic E-state index is -0.190. The highest BCUT2D eigenvalue weighted by Gasteiger charge is 2.02. The standard InChI is InChI=1S/C21H19BrN2O/c22-19-10-6-16(7-11-19)14-15-23-21(25)24-20-12-8-18(9-13-20)17-4-2-1-3-5-17/h1-13H,14-15H2,(H2,23,24,25). The summed E-state index contributed by atoms with van der Waals surface area (Å²) in [6.07, 6.45) is 0.799. The fourth-order valence-electron chi connectivity index (χ4n) is 2.52. The Morgan fingerprint density at radius 2 is 1.44 bits per heavy atom. The zero-order valence-electron chi connectivity index (χ0n) is 13.7. The summed E-state index contributed by atoms with van der Waals surface area (Å²) in [6.45, 7) is 0.593. The van der Waals surface area contributed by atoms with Crippen molar-refractivity contribution in [3.63, 3.8) is 0 Å². The first-order valence-electron chi connectivity index (χ1n) is 8.15. The third-order valence-corrected chi connectivity index (χ3v) is 4.39. The average molecular weight is 395 g/mol. The van der Waals surface area contributed by atoms with Gasteiger partial charge in [0.05, 0.1) is 0 Å². The monoisotopic (exact) mass is 394 g/mol. The van der Waals surface area contributed by atoms with Gasteiger partial charge in [0.2, 0.25) is 0 Å². The minimum absolute atomic E-state index is 0.190. The Morgan fingerprint density at radius 3 is 2.12 bits per heavy atom. The number of amides is 2. The third kappa shape index (κ3) is 5.19. The highest BCUT2D eigenvalue weighted by molar-refractivity contribution is 9.10. The van der Waals surface area contributed by atoms with Crippen molar-refractivity contribution in [2.45, 2.75) is 6.42 Å². The van der Waals surface area contributed by atoms with Gasteiger partial charge >= 0.3 is 6.03 Å². The molecule has 0 aliphatic heterocycles. The Morgan fingerprint density at radius 1 is 0.800 bits per heavy atom. The highest BCUT2D eigenvalue weighted by atomic mass is 79.9. The molecular weight excluding hydrogens is 376 g/mol. The number of halogens is 1. The lowest BCUT2D eigenvalue weighted by Crippen LogP contribution is -2.30. The Kier molecular flexibility index (Phi) is 5.86. The number of hydrogen-bond donors (Lipinski definition) is 2. The van der Waals surface area contributed by atoms with E-state index in [1.165, 1.54) is 5.56 Å². The van der Waals surface area contributed by atoms with Crippen LogP contribution in [0.3, 0.4) is 0 Å². The van der Waals surface area contributed by atoms with Crippen molar-refractivity contribution in [2.75, 3.05) is 11.9 Å². The number of carbonyl (C=O) groups excluding carboxylic acids is 1. The van der Waals surface area contributed by atoms with Crippen molar-refractivity contribution in [3.05, 3.63) is 88.9 Å². The van der Waals surface area contributed by atoms with Crippen molar-refractivity contribution in [1.82, 2.24) is 5.32 Å². The van der Waals surface area contributed by atoms with E-state index in [1.54, 1.807) is 0 Å². The van der Waals surface area contributed by atoms with Crippen LogP contribution in [0.2, 0.25) is 0 Å². The molecule has 0 atom stereocenters. The number of anilines is 1. The third-order valence-electron chi connectivity index (χ3n) is 3.86. The van der Waals surface area contributed by atoms with Crippen LogP contribution < -0.4 is 10.6 Å². The first kappa shape index (κ1) is 17.2. The largest absolute Gasteiger partial charge is 0.338 e. The zero-order chi connectivity index (χ0) is 17.5. The lowest BCUT2D eigenvalue weighted by Gasteiger charge is -2.09. The van der Waals surface area contributed by atoms with Gasteiger partial charge in [-0.25, -0.2) is 4.79 Å². The van der Waals surface area contributed by atoms with Crippen LogP contribution >= 0.6 is 15.9 Å². The van der Waals surface area contributed by atoms with E-state index in [2.05, 4.69) is 38.7 Å². The summed E-state index contributed by atoms with van der Waals surface area (Å²) in [4.78, 5) is 12.0. The smallest absolute Gasteiger partial charge is 0.319 e. The van der Waals surface area contributed by atoms with Gasteiger partial charge in [-0.3, -0.25) is 0 Å². The molecule has 126 valence electrons. The summed E-state index contributed by atoms with van der Waals surface area (Å²) in [5.41, 5.74) is 4.26. The molecule has 0 aliphatic carbocycles. The number of urea groups is 1. The molecule has 4 heteroatoms. The fourth-order valence-corrected chi connectivity index (χ4v) is 2.79. The lowest BCUT2D eigenvalue weighted by atomic mass is 10.1. The predicted octanol–water partition coefficient (Wildman–Crippen LogP) is 5.48. The van der Waals surface area contributed by atoms with Gasteiger partial charge < -0.3 is 10.6 Å². The van der Waals surface area contributed by atoms with E-state index >= 15 is 0 Å². The Hall–Kier alpha value is -2.59. The zero-order valence-corrected chi connectivity index (χ0v) is 15.3. The first-order valence-corrected chi connectivity index (χ1v) is 8.95. The molecule has 0 spiro atoms. The quantitative estimate of drug-likeness (QED) is 0.590. The number of nitrogens with one attached hydrogen (secondary N) is 2. The van der Waals surface area contributed by atoms with Gasteiger partial charge in [-0.2, -0.15) is 0 Å². The molecule has 3 rings (SSSR count). The molecule has 0 saturated carbocycles. The molecule has 0 radical (unpaired) electrons. The molecule has 25 heavy (non-hydrogen) atoms. The van der Waals surface area contributed by atoms with Crippen molar-refractivity contribution in [3.8, 4) is 11.1 Å². The second-order valence-corrected chi connectivity index (χ2v) is 6.62. The molecule has 0 saturated heterocycles. The van der Waals surface area contributed by atoms with E-state index in [9.17, 15) is 4.79 Å². The normalized spacial score (nSPS) is 10.3. The summed E-state index contributed by atoms with van der Waals surface area (Å²) >= 11 is 3.41. The molecule has 3 nitrogen and oxygen atoms in total. The van der Waals surface area contributed by atoms with Crippen LogP contribution in [0.25, 0.3) is 11.1 Å². The molecule has 2 amide bonds. The molecule has 0 aliphatic rings. The van der Waals surface area contributed by atoms with E-state index in [4.69, 9.17) is 0 Å². The molecular formula is C21H19BrN2O. The predicted molar refractivity (Wildman–Crippen MR) is 107 cm³/mol. The first-order chi connectivity index (χ1) is 12.2. The van der Waals surface area contributed by atoms with Crippen molar-refractivity contribution >= 4 is 27.6 Å². The van der Waals surface area contributed by atoms with Crippen molar-refractivity contribution in [1.29, 1.82) is 0 Å². The summed E-state index contributed by atoms with van der Waals surface area (Å²) in [7, 11) is 0. The van der Waals surface area contributed by atoms with Gasteiger partial charge in [0.25, 0.3) is 0 Å². The van der Waals surface area contributed by atoms with E-state index in [0.29, 0.717) is 6.54 Å². The van der Waals surface area contributed by atoms with E-state index < -0.39 is 0 Å². The Balaban J connectivity index is 1.48. The Bertz CT molecular complexity index is 815. The molecule has 3 aromatic carbocycles.